The maximum atomic E-state index is 12.6. The first-order valence-corrected chi connectivity index (χ1v) is 8.04. The van der Waals surface area contributed by atoms with Crippen LogP contribution in [0.25, 0.3) is 16.5 Å². The number of carbonyl (C=O) groups excluding carboxylic acids is 1. The van der Waals surface area contributed by atoms with E-state index in [1.165, 1.54) is 6.20 Å². The molecule has 2 heterocycles. The van der Waals surface area contributed by atoms with Crippen LogP contribution in [-0.4, -0.2) is 20.7 Å². The van der Waals surface area contributed by atoms with Crippen molar-refractivity contribution in [2.24, 2.45) is 0 Å². The molecule has 0 aliphatic carbocycles. The molecule has 0 saturated heterocycles. The van der Waals surface area contributed by atoms with Crippen molar-refractivity contribution in [1.82, 2.24) is 14.8 Å². The summed E-state index contributed by atoms with van der Waals surface area (Å²) in [4.78, 5) is 16.7. The van der Waals surface area contributed by atoms with Gasteiger partial charge in [0.25, 0.3) is 5.91 Å². The third-order valence-corrected chi connectivity index (χ3v) is 4.19. The first kappa shape index (κ1) is 15.4. The van der Waals surface area contributed by atoms with Gasteiger partial charge in [0.05, 0.1) is 22.5 Å². The molecule has 0 radical (unpaired) electrons. The fourth-order valence-electron chi connectivity index (χ4n) is 2.64. The number of amides is 1. The zero-order valence-electron chi connectivity index (χ0n) is 13.1. The molecule has 0 aliphatic rings. The smallest absolute Gasteiger partial charge is 0.258 e. The number of nitrogens with one attached hydrogen (secondary N) is 1. The molecule has 0 fully saturated rings. The SMILES string of the molecule is O=C(Nc1cccc2cnccc12)c1cnn(-c2ccccc2Cl)c1. The number of hydrogen-bond acceptors (Lipinski definition) is 3. The summed E-state index contributed by atoms with van der Waals surface area (Å²) >= 11 is 6.18. The minimum Gasteiger partial charge on any atom is -0.321 e. The molecule has 5 nitrogen and oxygen atoms in total. The molecule has 2 aromatic carbocycles. The second kappa shape index (κ2) is 6.37. The fraction of sp³-hybridized carbons (Fsp3) is 0. The van der Waals surface area contributed by atoms with E-state index in [0.717, 1.165) is 22.1 Å². The normalized spacial score (nSPS) is 10.8. The first-order valence-electron chi connectivity index (χ1n) is 7.66. The number of hydrogen-bond donors (Lipinski definition) is 1. The van der Waals surface area contributed by atoms with Gasteiger partial charge in [-0.05, 0) is 24.3 Å². The van der Waals surface area contributed by atoms with Crippen molar-refractivity contribution in [1.29, 1.82) is 0 Å². The van der Waals surface area contributed by atoms with Crippen molar-refractivity contribution >= 4 is 34.0 Å². The van der Waals surface area contributed by atoms with Crippen LogP contribution in [0, 0.1) is 0 Å². The summed E-state index contributed by atoms with van der Waals surface area (Å²) in [6, 6.07) is 14.9. The average Bonchev–Trinajstić information content (AvgIpc) is 3.12. The Balaban J connectivity index is 1.63. The van der Waals surface area contributed by atoms with Crippen molar-refractivity contribution in [3.05, 3.63) is 83.9 Å². The standard InChI is InChI=1S/C19H13ClN4O/c20-16-5-1-2-7-18(16)24-12-14(11-22-24)19(25)23-17-6-3-4-13-10-21-9-8-15(13)17/h1-12H,(H,23,25). The summed E-state index contributed by atoms with van der Waals surface area (Å²) in [7, 11) is 0. The van der Waals surface area contributed by atoms with Crippen molar-refractivity contribution < 1.29 is 4.79 Å². The van der Waals surface area contributed by atoms with Gasteiger partial charge in [0, 0.05) is 35.1 Å². The van der Waals surface area contributed by atoms with Crippen LogP contribution in [0.15, 0.2) is 73.3 Å². The minimum absolute atomic E-state index is 0.234. The van der Waals surface area contributed by atoms with E-state index in [1.807, 2.05) is 42.5 Å². The molecule has 4 rings (SSSR count). The number of rotatable bonds is 3. The molecule has 0 bridgehead atoms. The number of anilines is 1. The Morgan fingerprint density at radius 3 is 2.80 bits per heavy atom. The lowest BCUT2D eigenvalue weighted by atomic mass is 10.1. The van der Waals surface area contributed by atoms with Crippen LogP contribution in [0.5, 0.6) is 0 Å². The fourth-order valence-corrected chi connectivity index (χ4v) is 2.86. The van der Waals surface area contributed by atoms with Gasteiger partial charge in [-0.25, -0.2) is 4.68 Å². The molecular formula is C19H13ClN4O. The molecule has 4 aromatic rings. The van der Waals surface area contributed by atoms with E-state index in [9.17, 15) is 4.79 Å². The summed E-state index contributed by atoms with van der Waals surface area (Å²) in [5.74, 6) is -0.234. The van der Waals surface area contributed by atoms with E-state index in [1.54, 1.807) is 29.3 Å². The molecule has 0 spiro atoms. The molecule has 6 heteroatoms. The number of nitrogens with zero attached hydrogens (tertiary/aromatic N) is 3. The van der Waals surface area contributed by atoms with Gasteiger partial charge < -0.3 is 5.32 Å². The Kier molecular flexibility index (Phi) is 3.91. The predicted molar refractivity (Wildman–Crippen MR) is 98.3 cm³/mol. The lowest BCUT2D eigenvalue weighted by Gasteiger charge is -2.07. The van der Waals surface area contributed by atoms with E-state index >= 15 is 0 Å². The second-order valence-electron chi connectivity index (χ2n) is 5.48. The Labute approximate surface area is 148 Å². The molecule has 1 amide bonds. The van der Waals surface area contributed by atoms with E-state index in [0.29, 0.717) is 10.6 Å². The van der Waals surface area contributed by atoms with E-state index in [4.69, 9.17) is 11.6 Å². The highest BCUT2D eigenvalue weighted by Crippen LogP contribution is 2.23. The van der Waals surface area contributed by atoms with Crippen LogP contribution in [-0.2, 0) is 0 Å². The van der Waals surface area contributed by atoms with Gasteiger partial charge in [-0.3, -0.25) is 9.78 Å². The van der Waals surface area contributed by atoms with Crippen molar-refractivity contribution in [3.63, 3.8) is 0 Å². The number of pyridine rings is 1. The van der Waals surface area contributed by atoms with Gasteiger partial charge >= 0.3 is 0 Å². The zero-order valence-corrected chi connectivity index (χ0v) is 13.8. The maximum Gasteiger partial charge on any atom is 0.258 e. The zero-order chi connectivity index (χ0) is 17.2. The number of para-hydroxylation sites is 1. The van der Waals surface area contributed by atoms with Crippen LogP contribution in [0.1, 0.15) is 10.4 Å². The van der Waals surface area contributed by atoms with E-state index in [2.05, 4.69) is 15.4 Å². The molecule has 122 valence electrons. The molecule has 2 aromatic heterocycles. The molecule has 25 heavy (non-hydrogen) atoms. The second-order valence-corrected chi connectivity index (χ2v) is 5.89. The number of fused-ring (bicyclic) bond motifs is 1. The Bertz CT molecular complexity index is 1070. The molecular weight excluding hydrogens is 336 g/mol. The highest BCUT2D eigenvalue weighted by Gasteiger charge is 2.12. The summed E-state index contributed by atoms with van der Waals surface area (Å²) in [5, 5.41) is 9.63. The highest BCUT2D eigenvalue weighted by molar-refractivity contribution is 6.32. The lowest BCUT2D eigenvalue weighted by Crippen LogP contribution is -2.11. The van der Waals surface area contributed by atoms with Gasteiger partial charge in [-0.1, -0.05) is 35.9 Å². The maximum absolute atomic E-state index is 12.6. The van der Waals surface area contributed by atoms with E-state index in [-0.39, 0.29) is 5.91 Å². The van der Waals surface area contributed by atoms with Crippen LogP contribution >= 0.6 is 11.6 Å². The topological polar surface area (TPSA) is 59.8 Å². The van der Waals surface area contributed by atoms with E-state index < -0.39 is 0 Å². The van der Waals surface area contributed by atoms with Crippen molar-refractivity contribution in [2.75, 3.05) is 5.32 Å². The van der Waals surface area contributed by atoms with Crippen LogP contribution in [0.4, 0.5) is 5.69 Å². The van der Waals surface area contributed by atoms with Gasteiger partial charge in [0.15, 0.2) is 0 Å². The third kappa shape index (κ3) is 2.97. The summed E-state index contributed by atoms with van der Waals surface area (Å²) < 4.78 is 1.59. The molecule has 0 atom stereocenters. The first-order chi connectivity index (χ1) is 12.2. The molecule has 1 N–H and O–H groups in total. The largest absolute Gasteiger partial charge is 0.321 e. The summed E-state index contributed by atoms with van der Waals surface area (Å²) in [6.07, 6.45) is 6.64. The van der Waals surface area contributed by atoms with Gasteiger partial charge in [0.1, 0.15) is 0 Å². The van der Waals surface area contributed by atoms with Crippen LogP contribution in [0.3, 0.4) is 0 Å². The third-order valence-electron chi connectivity index (χ3n) is 3.87. The molecule has 0 aliphatic heterocycles. The lowest BCUT2D eigenvalue weighted by molar-refractivity contribution is 0.102. The Hall–Kier alpha value is -3.18. The van der Waals surface area contributed by atoms with Crippen LogP contribution < -0.4 is 5.32 Å². The number of aromatic nitrogens is 3. The summed E-state index contributed by atoms with van der Waals surface area (Å²) in [5.41, 5.74) is 1.90. The molecule has 0 saturated carbocycles. The number of halogens is 1. The van der Waals surface area contributed by atoms with Gasteiger partial charge in [-0.15, -0.1) is 0 Å². The Morgan fingerprint density at radius 1 is 1.04 bits per heavy atom. The minimum atomic E-state index is -0.234. The van der Waals surface area contributed by atoms with Crippen molar-refractivity contribution in [2.45, 2.75) is 0 Å². The Morgan fingerprint density at radius 2 is 1.92 bits per heavy atom. The monoisotopic (exact) mass is 348 g/mol. The van der Waals surface area contributed by atoms with Crippen molar-refractivity contribution in [3.8, 4) is 5.69 Å². The average molecular weight is 349 g/mol. The van der Waals surface area contributed by atoms with Gasteiger partial charge in [-0.2, -0.15) is 5.10 Å². The predicted octanol–water partition coefficient (Wildman–Crippen LogP) is 4.33. The van der Waals surface area contributed by atoms with Crippen LogP contribution in [0.2, 0.25) is 5.02 Å². The summed E-state index contributed by atoms with van der Waals surface area (Å²) in [6.45, 7) is 0. The number of benzene rings is 2. The number of carbonyl (C=O) groups is 1. The highest BCUT2D eigenvalue weighted by atomic mass is 35.5. The van der Waals surface area contributed by atoms with Gasteiger partial charge in [0.2, 0.25) is 0 Å². The molecule has 0 unspecified atom stereocenters. The quantitative estimate of drug-likeness (QED) is 0.599.